The van der Waals surface area contributed by atoms with E-state index in [1.165, 1.54) is 37.9 Å². The number of rotatable bonds is 4. The van der Waals surface area contributed by atoms with Crippen LogP contribution in [-0.4, -0.2) is 43.3 Å². The molecular weight excluding hydrogens is 248 g/mol. The number of likely N-dealkylation sites (tertiary alicyclic amines) is 1. The first-order chi connectivity index (χ1) is 9.73. The van der Waals surface area contributed by atoms with Crippen molar-refractivity contribution in [3.63, 3.8) is 0 Å². The summed E-state index contributed by atoms with van der Waals surface area (Å²) in [7, 11) is 0. The highest BCUT2D eigenvalue weighted by Crippen LogP contribution is 2.24. The predicted octanol–water partition coefficient (Wildman–Crippen LogP) is 2.06. The van der Waals surface area contributed by atoms with Crippen molar-refractivity contribution in [1.29, 1.82) is 0 Å². The van der Waals surface area contributed by atoms with Crippen LogP contribution in [0.3, 0.4) is 0 Å². The van der Waals surface area contributed by atoms with Crippen molar-refractivity contribution in [2.75, 3.05) is 32.8 Å². The molecule has 2 heterocycles. The van der Waals surface area contributed by atoms with E-state index in [9.17, 15) is 0 Å². The summed E-state index contributed by atoms with van der Waals surface area (Å²) in [6.07, 6.45) is 4.83. The third-order valence-electron chi connectivity index (χ3n) is 4.75. The Bertz CT molecular complexity index is 406. The Morgan fingerprint density at radius 3 is 2.60 bits per heavy atom. The monoisotopic (exact) mass is 274 g/mol. The van der Waals surface area contributed by atoms with Gasteiger partial charge in [-0.05, 0) is 50.3 Å². The lowest BCUT2D eigenvalue weighted by Gasteiger charge is -2.36. The number of hydrogen-bond acceptors (Lipinski definition) is 3. The van der Waals surface area contributed by atoms with Gasteiger partial charge in [0.1, 0.15) is 0 Å². The first kappa shape index (κ1) is 14.1. The van der Waals surface area contributed by atoms with Crippen LogP contribution >= 0.6 is 0 Å². The van der Waals surface area contributed by atoms with Crippen molar-refractivity contribution in [1.82, 2.24) is 4.90 Å². The summed E-state index contributed by atoms with van der Waals surface area (Å²) in [4.78, 5) is 2.54. The molecule has 0 saturated carbocycles. The summed E-state index contributed by atoms with van der Waals surface area (Å²) in [5.74, 6) is 0.835. The molecule has 0 amide bonds. The fourth-order valence-electron chi connectivity index (χ4n) is 3.49. The van der Waals surface area contributed by atoms with E-state index in [2.05, 4.69) is 35.2 Å². The minimum atomic E-state index is -0.0910. The molecule has 3 rings (SSSR count). The number of nitrogens with two attached hydrogens (primary N) is 1. The second kappa shape index (κ2) is 6.25. The zero-order valence-electron chi connectivity index (χ0n) is 12.3. The number of nitrogens with zero attached hydrogens (tertiary/aromatic N) is 1. The van der Waals surface area contributed by atoms with Gasteiger partial charge >= 0.3 is 0 Å². The predicted molar refractivity (Wildman–Crippen MR) is 81.7 cm³/mol. The average molecular weight is 274 g/mol. The molecule has 2 aliphatic rings. The maximum Gasteiger partial charge on any atom is 0.0659 e. The Labute approximate surface area is 122 Å². The van der Waals surface area contributed by atoms with Crippen LogP contribution in [0.15, 0.2) is 30.3 Å². The minimum Gasteiger partial charge on any atom is -0.379 e. The summed E-state index contributed by atoms with van der Waals surface area (Å²) in [5.41, 5.74) is 7.77. The summed E-state index contributed by atoms with van der Waals surface area (Å²) in [6, 6.07) is 10.9. The lowest BCUT2D eigenvalue weighted by Crippen LogP contribution is -2.52. The SMILES string of the molecule is NC1(CN2CCC(Cc3ccccc3)CC2)CCOC1. The van der Waals surface area contributed by atoms with E-state index in [-0.39, 0.29) is 5.54 Å². The first-order valence-corrected chi connectivity index (χ1v) is 7.86. The topological polar surface area (TPSA) is 38.5 Å². The van der Waals surface area contributed by atoms with Crippen LogP contribution in [0.25, 0.3) is 0 Å². The summed E-state index contributed by atoms with van der Waals surface area (Å²) >= 11 is 0. The average Bonchev–Trinajstić information content (AvgIpc) is 2.89. The van der Waals surface area contributed by atoms with E-state index in [1.807, 2.05) is 0 Å². The molecule has 0 aromatic heterocycles. The molecule has 1 atom stereocenters. The molecule has 20 heavy (non-hydrogen) atoms. The summed E-state index contributed by atoms with van der Waals surface area (Å²) < 4.78 is 5.45. The number of piperidine rings is 1. The zero-order valence-corrected chi connectivity index (χ0v) is 12.3. The van der Waals surface area contributed by atoms with Crippen LogP contribution in [0.5, 0.6) is 0 Å². The molecule has 1 unspecified atom stereocenters. The molecule has 1 aromatic carbocycles. The van der Waals surface area contributed by atoms with Gasteiger partial charge in [0.05, 0.1) is 12.1 Å². The van der Waals surface area contributed by atoms with Gasteiger partial charge in [-0.3, -0.25) is 0 Å². The van der Waals surface area contributed by atoms with Gasteiger partial charge in [-0.2, -0.15) is 0 Å². The summed E-state index contributed by atoms with van der Waals surface area (Å²) in [6.45, 7) is 4.95. The van der Waals surface area contributed by atoms with Crippen LogP contribution < -0.4 is 5.73 Å². The van der Waals surface area contributed by atoms with Crippen molar-refractivity contribution in [3.8, 4) is 0 Å². The quantitative estimate of drug-likeness (QED) is 0.913. The van der Waals surface area contributed by atoms with E-state index >= 15 is 0 Å². The molecule has 2 N–H and O–H groups in total. The normalized spacial score (nSPS) is 28.9. The van der Waals surface area contributed by atoms with Gasteiger partial charge in [-0.15, -0.1) is 0 Å². The van der Waals surface area contributed by atoms with E-state index in [4.69, 9.17) is 10.5 Å². The number of ether oxygens (including phenoxy) is 1. The van der Waals surface area contributed by atoms with Crippen molar-refractivity contribution in [2.45, 2.75) is 31.2 Å². The molecule has 2 aliphatic heterocycles. The highest BCUT2D eigenvalue weighted by molar-refractivity contribution is 5.15. The van der Waals surface area contributed by atoms with Crippen molar-refractivity contribution < 1.29 is 4.74 Å². The lowest BCUT2D eigenvalue weighted by molar-refractivity contribution is 0.127. The fraction of sp³-hybridized carbons (Fsp3) is 0.647. The van der Waals surface area contributed by atoms with Gasteiger partial charge in [0.2, 0.25) is 0 Å². The Morgan fingerprint density at radius 1 is 1.20 bits per heavy atom. The molecule has 3 nitrogen and oxygen atoms in total. The van der Waals surface area contributed by atoms with Crippen LogP contribution in [0.4, 0.5) is 0 Å². The third-order valence-corrected chi connectivity index (χ3v) is 4.75. The standard InChI is InChI=1S/C17H26N2O/c18-17(8-11-20-14-17)13-19-9-6-16(7-10-19)12-15-4-2-1-3-5-15/h1-5,16H,6-14,18H2. The zero-order chi connectivity index (χ0) is 13.8. The lowest BCUT2D eigenvalue weighted by atomic mass is 9.89. The van der Waals surface area contributed by atoms with Gasteiger partial charge in [-0.25, -0.2) is 0 Å². The van der Waals surface area contributed by atoms with Crippen LogP contribution in [0.1, 0.15) is 24.8 Å². The molecule has 2 fully saturated rings. The Balaban J connectivity index is 1.45. The maximum absolute atomic E-state index is 6.38. The van der Waals surface area contributed by atoms with Gasteiger partial charge in [-0.1, -0.05) is 30.3 Å². The molecular formula is C17H26N2O. The highest BCUT2D eigenvalue weighted by Gasteiger charge is 2.33. The molecule has 3 heteroatoms. The Kier molecular flexibility index (Phi) is 4.39. The van der Waals surface area contributed by atoms with E-state index < -0.39 is 0 Å². The molecule has 0 aliphatic carbocycles. The number of hydrogen-bond donors (Lipinski definition) is 1. The molecule has 0 radical (unpaired) electrons. The summed E-state index contributed by atoms with van der Waals surface area (Å²) in [5, 5.41) is 0. The molecule has 110 valence electrons. The molecule has 2 saturated heterocycles. The Hall–Kier alpha value is -0.900. The first-order valence-electron chi connectivity index (χ1n) is 7.86. The van der Waals surface area contributed by atoms with E-state index in [0.717, 1.165) is 32.1 Å². The molecule has 1 aromatic rings. The Morgan fingerprint density at radius 2 is 1.95 bits per heavy atom. The smallest absolute Gasteiger partial charge is 0.0659 e. The van der Waals surface area contributed by atoms with Crippen molar-refractivity contribution in [2.24, 2.45) is 11.7 Å². The second-order valence-electron chi connectivity index (χ2n) is 6.57. The largest absolute Gasteiger partial charge is 0.379 e. The van der Waals surface area contributed by atoms with Crippen LogP contribution in [-0.2, 0) is 11.2 Å². The fourth-order valence-corrected chi connectivity index (χ4v) is 3.49. The van der Waals surface area contributed by atoms with Crippen LogP contribution in [0.2, 0.25) is 0 Å². The van der Waals surface area contributed by atoms with Gasteiger partial charge < -0.3 is 15.4 Å². The van der Waals surface area contributed by atoms with Crippen LogP contribution in [0, 0.1) is 5.92 Å². The van der Waals surface area contributed by atoms with Gasteiger partial charge in [0.15, 0.2) is 0 Å². The van der Waals surface area contributed by atoms with E-state index in [0.29, 0.717) is 0 Å². The highest BCUT2D eigenvalue weighted by atomic mass is 16.5. The number of benzene rings is 1. The third kappa shape index (κ3) is 3.60. The van der Waals surface area contributed by atoms with Crippen molar-refractivity contribution in [3.05, 3.63) is 35.9 Å². The molecule has 0 bridgehead atoms. The van der Waals surface area contributed by atoms with Crippen molar-refractivity contribution >= 4 is 0 Å². The second-order valence-corrected chi connectivity index (χ2v) is 6.57. The van der Waals surface area contributed by atoms with Gasteiger partial charge in [0.25, 0.3) is 0 Å². The maximum atomic E-state index is 6.38. The molecule has 0 spiro atoms. The van der Waals surface area contributed by atoms with Gasteiger partial charge in [0, 0.05) is 13.2 Å². The minimum absolute atomic E-state index is 0.0910. The van der Waals surface area contributed by atoms with E-state index in [1.54, 1.807) is 0 Å².